The molecule has 1 heterocycles. The first kappa shape index (κ1) is 12.4. The molecule has 2 heteroatoms. The molecule has 2 aromatic rings. The number of nitrogens with zero attached hydrogens (tertiary/aromatic N) is 1. The predicted octanol–water partition coefficient (Wildman–Crippen LogP) is 3.43. The summed E-state index contributed by atoms with van der Waals surface area (Å²) in [5.74, 6) is 0.360. The van der Waals surface area contributed by atoms with E-state index >= 15 is 0 Å². The molecule has 2 N–H and O–H groups in total. The minimum Gasteiger partial charge on any atom is -0.323 e. The number of aryl methyl sites for hydroxylation is 3. The fourth-order valence-corrected chi connectivity index (χ4v) is 3.00. The SMILES string of the molecule is Cc1ccc(C(N)C2CCc3cccnc32)cc1C. The van der Waals surface area contributed by atoms with Crippen LogP contribution in [0.3, 0.4) is 0 Å². The lowest BCUT2D eigenvalue weighted by atomic mass is 9.90. The number of fused-ring (bicyclic) bond motifs is 1. The van der Waals surface area contributed by atoms with E-state index in [1.165, 1.54) is 27.9 Å². The molecule has 19 heavy (non-hydrogen) atoms. The Morgan fingerprint density at radius 2 is 2.05 bits per heavy atom. The van der Waals surface area contributed by atoms with Crippen LogP contribution in [-0.2, 0) is 6.42 Å². The molecule has 2 atom stereocenters. The number of nitrogens with two attached hydrogens (primary N) is 1. The largest absolute Gasteiger partial charge is 0.323 e. The first-order chi connectivity index (χ1) is 9.16. The molecule has 0 spiro atoms. The zero-order valence-electron chi connectivity index (χ0n) is 11.6. The van der Waals surface area contributed by atoms with Gasteiger partial charge in [-0.05, 0) is 55.0 Å². The molecule has 0 amide bonds. The van der Waals surface area contributed by atoms with Gasteiger partial charge in [0.15, 0.2) is 0 Å². The number of hydrogen-bond acceptors (Lipinski definition) is 2. The summed E-state index contributed by atoms with van der Waals surface area (Å²) in [5.41, 5.74) is 12.9. The van der Waals surface area contributed by atoms with Crippen LogP contribution in [-0.4, -0.2) is 4.98 Å². The molecule has 0 bridgehead atoms. The topological polar surface area (TPSA) is 38.9 Å². The third-order valence-corrected chi connectivity index (χ3v) is 4.35. The highest BCUT2D eigenvalue weighted by atomic mass is 14.8. The zero-order chi connectivity index (χ0) is 13.4. The molecule has 2 nitrogen and oxygen atoms in total. The third-order valence-electron chi connectivity index (χ3n) is 4.35. The van der Waals surface area contributed by atoms with Crippen molar-refractivity contribution in [2.24, 2.45) is 5.73 Å². The number of aromatic nitrogens is 1. The second kappa shape index (κ2) is 4.78. The van der Waals surface area contributed by atoms with E-state index in [9.17, 15) is 0 Å². The Morgan fingerprint density at radius 3 is 2.84 bits per heavy atom. The molecular weight excluding hydrogens is 232 g/mol. The highest BCUT2D eigenvalue weighted by molar-refractivity contribution is 5.36. The fraction of sp³-hybridized carbons (Fsp3) is 0.353. The van der Waals surface area contributed by atoms with Gasteiger partial charge in [-0.1, -0.05) is 24.3 Å². The molecule has 0 saturated carbocycles. The van der Waals surface area contributed by atoms with Crippen LogP contribution in [0.1, 0.15) is 46.3 Å². The van der Waals surface area contributed by atoms with Gasteiger partial charge >= 0.3 is 0 Å². The van der Waals surface area contributed by atoms with E-state index in [1.807, 2.05) is 12.3 Å². The Labute approximate surface area is 114 Å². The van der Waals surface area contributed by atoms with E-state index in [0.717, 1.165) is 12.8 Å². The van der Waals surface area contributed by atoms with E-state index in [0.29, 0.717) is 5.92 Å². The maximum absolute atomic E-state index is 6.49. The molecule has 1 aliphatic rings. The third kappa shape index (κ3) is 2.17. The minimum atomic E-state index is 0.0513. The van der Waals surface area contributed by atoms with Gasteiger partial charge in [-0.3, -0.25) is 4.98 Å². The molecular formula is C17H20N2. The van der Waals surface area contributed by atoms with Crippen LogP contribution in [0.25, 0.3) is 0 Å². The molecule has 0 aliphatic heterocycles. The van der Waals surface area contributed by atoms with Gasteiger partial charge in [-0.25, -0.2) is 0 Å². The minimum absolute atomic E-state index is 0.0513. The van der Waals surface area contributed by atoms with Crippen LogP contribution < -0.4 is 5.73 Å². The normalized spacial score (nSPS) is 19.2. The van der Waals surface area contributed by atoms with Crippen molar-refractivity contribution in [3.63, 3.8) is 0 Å². The second-order valence-corrected chi connectivity index (χ2v) is 5.56. The average molecular weight is 252 g/mol. The lowest BCUT2D eigenvalue weighted by Crippen LogP contribution is -2.19. The standard InChI is InChI=1S/C17H20N2/c1-11-5-6-14(10-12(11)2)16(18)15-8-7-13-4-3-9-19-17(13)15/h3-6,9-10,15-16H,7-8,18H2,1-2H3. The molecule has 0 radical (unpaired) electrons. The van der Waals surface area contributed by atoms with Gasteiger partial charge in [-0.2, -0.15) is 0 Å². The van der Waals surface area contributed by atoms with Gasteiger partial charge in [0.25, 0.3) is 0 Å². The lowest BCUT2D eigenvalue weighted by Gasteiger charge is -2.20. The Bertz CT molecular complexity index is 604. The van der Waals surface area contributed by atoms with Crippen LogP contribution in [0.4, 0.5) is 0 Å². The second-order valence-electron chi connectivity index (χ2n) is 5.56. The van der Waals surface area contributed by atoms with Crippen LogP contribution in [0.15, 0.2) is 36.5 Å². The molecule has 3 rings (SSSR count). The zero-order valence-corrected chi connectivity index (χ0v) is 11.6. The Hall–Kier alpha value is -1.67. The number of hydrogen-bond donors (Lipinski definition) is 1. The van der Waals surface area contributed by atoms with Gasteiger partial charge in [-0.15, -0.1) is 0 Å². The monoisotopic (exact) mass is 252 g/mol. The summed E-state index contributed by atoms with van der Waals surface area (Å²) in [6.45, 7) is 4.28. The van der Waals surface area contributed by atoms with E-state index in [2.05, 4.69) is 43.1 Å². The number of pyridine rings is 1. The summed E-state index contributed by atoms with van der Waals surface area (Å²) in [6, 6.07) is 10.8. The number of benzene rings is 1. The summed E-state index contributed by atoms with van der Waals surface area (Å²) in [6.07, 6.45) is 4.09. The van der Waals surface area contributed by atoms with Gasteiger partial charge in [0.2, 0.25) is 0 Å². The van der Waals surface area contributed by atoms with Crippen molar-refractivity contribution in [1.29, 1.82) is 0 Å². The maximum atomic E-state index is 6.49. The van der Waals surface area contributed by atoms with E-state index in [-0.39, 0.29) is 6.04 Å². The molecule has 1 aromatic heterocycles. The van der Waals surface area contributed by atoms with Crippen molar-refractivity contribution in [2.45, 2.75) is 38.6 Å². The van der Waals surface area contributed by atoms with Gasteiger partial charge in [0.05, 0.1) is 0 Å². The molecule has 0 fully saturated rings. The van der Waals surface area contributed by atoms with Crippen molar-refractivity contribution in [1.82, 2.24) is 4.98 Å². The van der Waals surface area contributed by atoms with Crippen molar-refractivity contribution in [2.75, 3.05) is 0 Å². The molecule has 2 unspecified atom stereocenters. The smallest absolute Gasteiger partial charge is 0.0485 e. The summed E-state index contributed by atoms with van der Waals surface area (Å²) in [4.78, 5) is 4.55. The number of rotatable bonds is 2. The molecule has 0 saturated heterocycles. The highest BCUT2D eigenvalue weighted by Gasteiger charge is 2.29. The lowest BCUT2D eigenvalue weighted by molar-refractivity contribution is 0.541. The molecule has 1 aliphatic carbocycles. The fourth-order valence-electron chi connectivity index (χ4n) is 3.00. The van der Waals surface area contributed by atoms with Crippen LogP contribution in [0.5, 0.6) is 0 Å². The van der Waals surface area contributed by atoms with E-state index < -0.39 is 0 Å². The summed E-state index contributed by atoms with van der Waals surface area (Å²) in [7, 11) is 0. The summed E-state index contributed by atoms with van der Waals surface area (Å²) < 4.78 is 0. The van der Waals surface area contributed by atoms with Crippen LogP contribution in [0.2, 0.25) is 0 Å². The quantitative estimate of drug-likeness (QED) is 0.889. The summed E-state index contributed by atoms with van der Waals surface area (Å²) in [5, 5.41) is 0. The van der Waals surface area contributed by atoms with E-state index in [1.54, 1.807) is 0 Å². The van der Waals surface area contributed by atoms with Crippen LogP contribution >= 0.6 is 0 Å². The first-order valence-electron chi connectivity index (χ1n) is 6.93. The van der Waals surface area contributed by atoms with Crippen molar-refractivity contribution in [3.8, 4) is 0 Å². The van der Waals surface area contributed by atoms with Gasteiger partial charge in [0.1, 0.15) is 0 Å². The van der Waals surface area contributed by atoms with Gasteiger partial charge in [0, 0.05) is 23.9 Å². The maximum Gasteiger partial charge on any atom is 0.0485 e. The Kier molecular flexibility index (Phi) is 3.11. The Morgan fingerprint density at radius 1 is 1.21 bits per heavy atom. The van der Waals surface area contributed by atoms with Crippen LogP contribution in [0, 0.1) is 13.8 Å². The van der Waals surface area contributed by atoms with E-state index in [4.69, 9.17) is 5.73 Å². The van der Waals surface area contributed by atoms with Crippen molar-refractivity contribution in [3.05, 3.63) is 64.5 Å². The molecule has 1 aromatic carbocycles. The van der Waals surface area contributed by atoms with Crippen molar-refractivity contribution >= 4 is 0 Å². The molecule has 98 valence electrons. The van der Waals surface area contributed by atoms with Gasteiger partial charge < -0.3 is 5.73 Å². The van der Waals surface area contributed by atoms with Crippen molar-refractivity contribution < 1.29 is 0 Å². The average Bonchev–Trinajstić information content (AvgIpc) is 2.85. The first-order valence-corrected chi connectivity index (χ1v) is 6.93. The Balaban J connectivity index is 1.93. The summed E-state index contributed by atoms with van der Waals surface area (Å²) >= 11 is 0. The highest BCUT2D eigenvalue weighted by Crippen LogP contribution is 2.39. The predicted molar refractivity (Wildman–Crippen MR) is 78.1 cm³/mol.